The van der Waals surface area contributed by atoms with E-state index in [0.29, 0.717) is 37.2 Å². The SMILES string of the molecule is N/C=C(\NN)C1(CNc2ncnc(N(Cc3ccc(C(F)(F)F)cc3)C3CC3)c2F)CCN(CC(N)=O)CC1. The quantitative estimate of drug-likeness (QED) is 0.161. The normalized spacial score (nSPS) is 18.0. The number of nitrogens with zero attached hydrogens (tertiary/aromatic N) is 4. The number of likely N-dealkylation sites (tertiary alicyclic amines) is 1. The number of piperidine rings is 1. The molecule has 1 aliphatic heterocycles. The van der Waals surface area contributed by atoms with Gasteiger partial charge < -0.3 is 27.1 Å². The second-order valence-corrected chi connectivity index (χ2v) is 10.0. The number of alkyl halides is 3. The number of benzene rings is 1. The van der Waals surface area contributed by atoms with Crippen molar-refractivity contribution < 1.29 is 22.4 Å². The van der Waals surface area contributed by atoms with Crippen LogP contribution in [0.15, 0.2) is 42.5 Å². The zero-order valence-electron chi connectivity index (χ0n) is 21.3. The number of anilines is 2. The Morgan fingerprint density at radius 3 is 2.38 bits per heavy atom. The molecule has 1 aliphatic carbocycles. The summed E-state index contributed by atoms with van der Waals surface area (Å²) >= 11 is 0. The van der Waals surface area contributed by atoms with E-state index in [1.54, 1.807) is 4.90 Å². The summed E-state index contributed by atoms with van der Waals surface area (Å²) in [7, 11) is 0. The number of nitrogens with one attached hydrogen (secondary N) is 2. The van der Waals surface area contributed by atoms with Gasteiger partial charge in [-0.3, -0.25) is 15.5 Å². The fraction of sp³-hybridized carbons (Fsp3) is 0.480. The Hall–Kier alpha value is -3.65. The van der Waals surface area contributed by atoms with Crippen molar-refractivity contribution in [1.29, 1.82) is 0 Å². The molecule has 1 amide bonds. The van der Waals surface area contributed by atoms with Crippen LogP contribution < -0.4 is 33.0 Å². The molecule has 2 aromatic rings. The highest BCUT2D eigenvalue weighted by Crippen LogP contribution is 2.39. The summed E-state index contributed by atoms with van der Waals surface area (Å²) in [5.41, 5.74) is 13.7. The maximum absolute atomic E-state index is 15.8. The van der Waals surface area contributed by atoms with Crippen LogP contribution in [0.2, 0.25) is 0 Å². The predicted molar refractivity (Wildman–Crippen MR) is 138 cm³/mol. The van der Waals surface area contributed by atoms with E-state index >= 15 is 4.39 Å². The number of primary amides is 1. The van der Waals surface area contributed by atoms with Gasteiger partial charge in [-0.15, -0.1) is 0 Å². The van der Waals surface area contributed by atoms with E-state index in [4.69, 9.17) is 17.3 Å². The molecule has 39 heavy (non-hydrogen) atoms. The van der Waals surface area contributed by atoms with Gasteiger partial charge in [0.25, 0.3) is 0 Å². The van der Waals surface area contributed by atoms with Crippen LogP contribution in [0.3, 0.4) is 0 Å². The molecule has 1 aromatic heterocycles. The molecule has 212 valence electrons. The smallest absolute Gasteiger partial charge is 0.403 e. The number of hydrogen-bond donors (Lipinski definition) is 5. The van der Waals surface area contributed by atoms with E-state index in [-0.39, 0.29) is 37.3 Å². The van der Waals surface area contributed by atoms with Crippen molar-refractivity contribution in [3.05, 3.63) is 59.4 Å². The first-order valence-corrected chi connectivity index (χ1v) is 12.6. The maximum Gasteiger partial charge on any atom is 0.416 e. The summed E-state index contributed by atoms with van der Waals surface area (Å²) < 4.78 is 54.6. The summed E-state index contributed by atoms with van der Waals surface area (Å²) in [5.74, 6) is 4.74. The highest BCUT2D eigenvalue weighted by atomic mass is 19.4. The second kappa shape index (κ2) is 11.6. The van der Waals surface area contributed by atoms with E-state index < -0.39 is 28.9 Å². The Balaban J connectivity index is 1.52. The van der Waals surface area contributed by atoms with E-state index in [2.05, 4.69) is 20.7 Å². The van der Waals surface area contributed by atoms with E-state index in [1.807, 2.05) is 4.90 Å². The van der Waals surface area contributed by atoms with Gasteiger partial charge in [-0.2, -0.15) is 17.6 Å². The highest BCUT2D eigenvalue weighted by molar-refractivity contribution is 5.75. The van der Waals surface area contributed by atoms with Crippen LogP contribution in [0.1, 0.15) is 36.8 Å². The Bertz CT molecular complexity index is 1180. The van der Waals surface area contributed by atoms with Gasteiger partial charge >= 0.3 is 6.18 Å². The molecule has 0 bridgehead atoms. The molecule has 0 radical (unpaired) electrons. The molecule has 1 saturated carbocycles. The lowest BCUT2D eigenvalue weighted by atomic mass is 9.75. The number of rotatable bonds is 11. The maximum atomic E-state index is 15.8. The summed E-state index contributed by atoms with van der Waals surface area (Å²) in [4.78, 5) is 23.3. The van der Waals surface area contributed by atoms with Crippen LogP contribution in [-0.2, 0) is 17.5 Å². The summed E-state index contributed by atoms with van der Waals surface area (Å²) in [6.45, 7) is 1.71. The summed E-state index contributed by atoms with van der Waals surface area (Å²) in [6, 6.07) is 4.85. The van der Waals surface area contributed by atoms with Gasteiger partial charge in [0, 0.05) is 36.4 Å². The van der Waals surface area contributed by atoms with Crippen LogP contribution >= 0.6 is 0 Å². The molecule has 1 saturated heterocycles. The molecule has 2 heterocycles. The molecular formula is C25H33F4N9O. The number of aromatic nitrogens is 2. The van der Waals surface area contributed by atoms with Gasteiger partial charge in [-0.05, 0) is 56.5 Å². The standard InChI is InChI=1S/C25H33F4N9O/c26-21-22(33-14-24(19(11-30)36-32)7-9-37(10-8-24)13-20(31)39)34-15-35-23(21)38(18-5-6-18)12-16-1-3-17(4-2-16)25(27,28)29/h1-4,11,15,18,36H,5-10,12-14,30,32H2,(H2,31,39)(H,33,34,35)/b19-11-. The average molecular weight is 552 g/mol. The van der Waals surface area contributed by atoms with Gasteiger partial charge in [-0.25, -0.2) is 9.97 Å². The van der Waals surface area contributed by atoms with Gasteiger partial charge in [0.15, 0.2) is 11.6 Å². The number of hydrazine groups is 1. The fourth-order valence-electron chi connectivity index (χ4n) is 4.97. The lowest BCUT2D eigenvalue weighted by molar-refractivity contribution is -0.137. The van der Waals surface area contributed by atoms with Crippen LogP contribution in [-0.4, -0.2) is 53.0 Å². The second-order valence-electron chi connectivity index (χ2n) is 10.0. The van der Waals surface area contributed by atoms with Crippen molar-refractivity contribution in [3.8, 4) is 0 Å². The number of halogens is 4. The lowest BCUT2D eigenvalue weighted by Gasteiger charge is -2.42. The van der Waals surface area contributed by atoms with Gasteiger partial charge in [0.05, 0.1) is 12.1 Å². The van der Waals surface area contributed by atoms with Crippen molar-refractivity contribution in [2.45, 2.75) is 44.4 Å². The number of amides is 1. The number of carbonyl (C=O) groups excluding carboxylic acids is 1. The van der Waals surface area contributed by atoms with Gasteiger partial charge in [0.2, 0.25) is 11.7 Å². The van der Waals surface area contributed by atoms with Gasteiger partial charge in [-0.1, -0.05) is 12.1 Å². The lowest BCUT2D eigenvalue weighted by Crippen LogP contribution is -2.50. The van der Waals surface area contributed by atoms with Crippen LogP contribution in [0.5, 0.6) is 0 Å². The zero-order valence-corrected chi connectivity index (χ0v) is 21.3. The Labute approximate surface area is 223 Å². The van der Waals surface area contributed by atoms with Crippen LogP contribution in [0.4, 0.5) is 29.2 Å². The molecule has 0 spiro atoms. The van der Waals surface area contributed by atoms with Crippen molar-refractivity contribution >= 4 is 17.5 Å². The molecule has 1 aromatic carbocycles. The number of carbonyl (C=O) groups is 1. The van der Waals surface area contributed by atoms with E-state index in [0.717, 1.165) is 25.0 Å². The molecule has 14 heteroatoms. The molecular weight excluding hydrogens is 518 g/mol. The first kappa shape index (κ1) is 28.4. The predicted octanol–water partition coefficient (Wildman–Crippen LogP) is 2.05. The van der Waals surface area contributed by atoms with Crippen molar-refractivity contribution in [2.24, 2.45) is 22.7 Å². The molecule has 10 nitrogen and oxygen atoms in total. The third-order valence-corrected chi connectivity index (χ3v) is 7.35. The third-order valence-electron chi connectivity index (χ3n) is 7.35. The minimum atomic E-state index is -4.43. The van der Waals surface area contributed by atoms with Crippen molar-refractivity contribution in [2.75, 3.05) is 36.4 Å². The third kappa shape index (κ3) is 6.68. The highest BCUT2D eigenvalue weighted by Gasteiger charge is 2.39. The molecule has 0 unspecified atom stereocenters. The molecule has 4 rings (SSSR count). The molecule has 0 atom stereocenters. The minimum absolute atomic E-state index is 0.00889. The topological polar surface area (TPSA) is 151 Å². The van der Waals surface area contributed by atoms with Crippen molar-refractivity contribution in [1.82, 2.24) is 20.3 Å². The minimum Gasteiger partial charge on any atom is -0.403 e. The summed E-state index contributed by atoms with van der Waals surface area (Å²) in [5, 5.41) is 3.09. The molecule has 2 aliphatic rings. The number of hydrogen-bond acceptors (Lipinski definition) is 9. The molecule has 2 fully saturated rings. The van der Waals surface area contributed by atoms with E-state index in [1.165, 1.54) is 24.7 Å². The first-order chi connectivity index (χ1) is 18.6. The largest absolute Gasteiger partial charge is 0.416 e. The first-order valence-electron chi connectivity index (χ1n) is 12.6. The zero-order chi connectivity index (χ0) is 28.2. The van der Waals surface area contributed by atoms with Crippen LogP contribution in [0.25, 0.3) is 0 Å². The monoisotopic (exact) mass is 551 g/mol. The number of nitrogens with two attached hydrogens (primary N) is 3. The molecule has 8 N–H and O–H groups in total. The van der Waals surface area contributed by atoms with E-state index in [9.17, 15) is 18.0 Å². The summed E-state index contributed by atoms with van der Waals surface area (Å²) in [6.07, 6.45) is 1.000. The fourth-order valence-corrected chi connectivity index (χ4v) is 4.97. The average Bonchev–Trinajstić information content (AvgIpc) is 3.74. The Morgan fingerprint density at radius 1 is 1.18 bits per heavy atom. The van der Waals surface area contributed by atoms with Gasteiger partial charge in [0.1, 0.15) is 6.33 Å². The van der Waals surface area contributed by atoms with Crippen LogP contribution in [0, 0.1) is 11.2 Å². The van der Waals surface area contributed by atoms with Crippen molar-refractivity contribution in [3.63, 3.8) is 0 Å². The Kier molecular flexibility index (Phi) is 8.45. The Morgan fingerprint density at radius 2 is 1.85 bits per heavy atom.